The van der Waals surface area contributed by atoms with Crippen LogP contribution in [0.5, 0.6) is 5.75 Å². The Morgan fingerprint density at radius 1 is 1.13 bits per heavy atom. The summed E-state index contributed by atoms with van der Waals surface area (Å²) < 4.78 is 7.06. The Labute approximate surface area is 174 Å². The van der Waals surface area contributed by atoms with E-state index in [1.54, 1.807) is 31.2 Å². The average Bonchev–Trinajstić information content (AvgIpc) is 2.70. The summed E-state index contributed by atoms with van der Waals surface area (Å²) in [6, 6.07) is 12.8. The Bertz CT molecular complexity index is 1130. The highest BCUT2D eigenvalue weighted by molar-refractivity contribution is 5.85. The number of ether oxygens (including phenoxy) is 1. The normalized spacial score (nSPS) is 10.6. The van der Waals surface area contributed by atoms with E-state index in [1.165, 1.54) is 0 Å². The summed E-state index contributed by atoms with van der Waals surface area (Å²) in [5, 5.41) is 0.384. The Hall–Kier alpha value is -3.65. The topological polar surface area (TPSA) is 94.5 Å². The van der Waals surface area contributed by atoms with Crippen LogP contribution >= 0.6 is 0 Å². The zero-order valence-electron chi connectivity index (χ0n) is 17.2. The van der Waals surface area contributed by atoms with Crippen LogP contribution in [0.3, 0.4) is 0 Å². The Morgan fingerprint density at radius 3 is 2.53 bits per heavy atom. The maximum atomic E-state index is 13.0. The Kier molecular flexibility index (Phi) is 6.48. The predicted octanol–water partition coefficient (Wildman–Crippen LogP) is 2.72. The van der Waals surface area contributed by atoms with Crippen molar-refractivity contribution >= 4 is 16.8 Å². The van der Waals surface area contributed by atoms with E-state index in [1.807, 2.05) is 32.0 Å². The number of amides is 1. The Balaban J connectivity index is 1.91. The van der Waals surface area contributed by atoms with Gasteiger partial charge in [0, 0.05) is 5.70 Å². The van der Waals surface area contributed by atoms with Gasteiger partial charge in [-0.15, -0.1) is 0 Å². The highest BCUT2D eigenvalue weighted by atomic mass is 16.6. The number of para-hydroxylation sites is 2. The van der Waals surface area contributed by atoms with E-state index in [2.05, 4.69) is 22.5 Å². The molecule has 3 aromatic rings. The summed E-state index contributed by atoms with van der Waals surface area (Å²) >= 11 is 0. The number of allylic oxidation sites excluding steroid dienone is 1. The molecule has 1 amide bonds. The molecule has 30 heavy (non-hydrogen) atoms. The fraction of sp³-hybridized carbons (Fsp3) is 0.227. The molecule has 0 aliphatic rings. The van der Waals surface area contributed by atoms with Crippen molar-refractivity contribution in [1.29, 1.82) is 0 Å². The number of aromatic nitrogens is 2. The molecule has 0 atom stereocenters. The van der Waals surface area contributed by atoms with Crippen LogP contribution in [0.15, 0.2) is 59.5 Å². The lowest BCUT2D eigenvalue weighted by Gasteiger charge is -2.16. The molecular weight excluding hydrogens is 384 g/mol. The molecule has 0 saturated heterocycles. The van der Waals surface area contributed by atoms with Crippen molar-refractivity contribution in [1.82, 2.24) is 15.1 Å². The summed E-state index contributed by atoms with van der Waals surface area (Å²) in [4.78, 5) is 34.8. The van der Waals surface area contributed by atoms with E-state index >= 15 is 0 Å². The van der Waals surface area contributed by atoms with Crippen LogP contribution in [-0.2, 0) is 16.2 Å². The zero-order valence-corrected chi connectivity index (χ0v) is 17.2. The van der Waals surface area contributed by atoms with Crippen molar-refractivity contribution in [3.8, 4) is 5.75 Å². The lowest BCUT2D eigenvalue weighted by Crippen LogP contribution is -2.39. The maximum absolute atomic E-state index is 13.0. The summed E-state index contributed by atoms with van der Waals surface area (Å²) in [5.74, 6) is 0.450. The number of hydrogen-bond acceptors (Lipinski definition) is 6. The fourth-order valence-electron chi connectivity index (χ4n) is 2.94. The van der Waals surface area contributed by atoms with Gasteiger partial charge in [-0.2, -0.15) is 4.68 Å². The van der Waals surface area contributed by atoms with Crippen molar-refractivity contribution in [2.75, 3.05) is 12.0 Å². The number of nitrogens with one attached hydrogen (secondary N) is 2. The van der Waals surface area contributed by atoms with Crippen LogP contribution in [0.4, 0.5) is 0 Å². The quantitative estimate of drug-likeness (QED) is 0.557. The lowest BCUT2D eigenvalue weighted by molar-refractivity contribution is -0.123. The molecule has 8 nitrogen and oxygen atoms in total. The number of hydrogen-bond donors (Lipinski definition) is 2. The van der Waals surface area contributed by atoms with Crippen LogP contribution in [0.1, 0.15) is 23.9 Å². The number of fused-ring (bicyclic) bond motifs is 1. The lowest BCUT2D eigenvalue weighted by atomic mass is 10.1. The predicted molar refractivity (Wildman–Crippen MR) is 115 cm³/mol. The molecule has 1 heterocycles. The van der Waals surface area contributed by atoms with Gasteiger partial charge in [0.15, 0.2) is 12.4 Å². The molecule has 8 heteroatoms. The second-order valence-corrected chi connectivity index (χ2v) is 6.90. The van der Waals surface area contributed by atoms with Gasteiger partial charge in [0.1, 0.15) is 12.4 Å². The molecule has 0 bridgehead atoms. The molecule has 156 valence electrons. The van der Waals surface area contributed by atoms with Gasteiger partial charge in [-0.1, -0.05) is 36.9 Å². The minimum atomic E-state index is -0.531. The second-order valence-electron chi connectivity index (χ2n) is 6.90. The van der Waals surface area contributed by atoms with Crippen molar-refractivity contribution in [3.05, 3.63) is 82.0 Å². The van der Waals surface area contributed by atoms with Crippen LogP contribution in [-0.4, -0.2) is 22.2 Å². The first-order chi connectivity index (χ1) is 14.4. The van der Waals surface area contributed by atoms with Gasteiger partial charge in [-0.3, -0.25) is 25.3 Å². The molecule has 0 radical (unpaired) electrons. The summed E-state index contributed by atoms with van der Waals surface area (Å²) in [5.41, 5.74) is 7.64. The smallest absolute Gasteiger partial charge is 0.280 e. The first-order valence-corrected chi connectivity index (χ1v) is 9.39. The standard InChI is InChI=1S/C22H24N4O4/c1-14(2)25-30-13-20(27)24-26-19(12-29-21-15(3)8-7-9-16(21)4)23-18-11-6-5-10-17(18)22(26)28/h5-11,25H,1,12-13H2,2-4H3,(H,24,27). The molecule has 0 spiro atoms. The first-order valence-electron chi connectivity index (χ1n) is 9.39. The van der Waals surface area contributed by atoms with Crippen LogP contribution in [0.25, 0.3) is 10.9 Å². The van der Waals surface area contributed by atoms with Crippen molar-refractivity contribution < 1.29 is 14.4 Å². The molecule has 1 aromatic heterocycles. The number of rotatable bonds is 8. The minimum absolute atomic E-state index is 0.00305. The van der Waals surface area contributed by atoms with Gasteiger partial charge in [-0.05, 0) is 44.0 Å². The fourth-order valence-corrected chi connectivity index (χ4v) is 2.94. The van der Waals surface area contributed by atoms with E-state index in [-0.39, 0.29) is 19.0 Å². The molecule has 0 unspecified atom stereocenters. The largest absolute Gasteiger partial charge is 0.485 e. The van der Waals surface area contributed by atoms with E-state index in [4.69, 9.17) is 9.57 Å². The SMILES string of the molecule is C=C(C)NOCC(=O)Nn1c(COc2c(C)cccc2C)nc2ccccc2c1=O. The van der Waals surface area contributed by atoms with Gasteiger partial charge in [0.25, 0.3) is 11.5 Å². The van der Waals surface area contributed by atoms with E-state index in [0.717, 1.165) is 15.8 Å². The monoisotopic (exact) mass is 408 g/mol. The molecule has 2 N–H and O–H groups in total. The number of benzene rings is 2. The third-order valence-corrected chi connectivity index (χ3v) is 4.29. The molecule has 0 fully saturated rings. The number of carbonyl (C=O) groups excluding carboxylic acids is 1. The third-order valence-electron chi connectivity index (χ3n) is 4.29. The van der Waals surface area contributed by atoms with E-state index in [0.29, 0.717) is 22.3 Å². The molecule has 0 saturated carbocycles. The second kappa shape index (κ2) is 9.23. The van der Waals surface area contributed by atoms with E-state index < -0.39 is 11.5 Å². The van der Waals surface area contributed by atoms with Gasteiger partial charge in [0.2, 0.25) is 0 Å². The number of aryl methyl sites for hydroxylation is 2. The number of hydroxylamine groups is 1. The molecule has 0 aliphatic heterocycles. The van der Waals surface area contributed by atoms with Gasteiger partial charge < -0.3 is 4.74 Å². The van der Waals surface area contributed by atoms with Crippen molar-refractivity contribution in [3.63, 3.8) is 0 Å². The number of nitrogens with zero attached hydrogens (tertiary/aromatic N) is 2. The first kappa shape index (κ1) is 21.1. The van der Waals surface area contributed by atoms with Crippen LogP contribution in [0.2, 0.25) is 0 Å². The zero-order chi connectivity index (χ0) is 21.7. The summed E-state index contributed by atoms with van der Waals surface area (Å²) in [6.07, 6.45) is 0. The molecule has 2 aromatic carbocycles. The van der Waals surface area contributed by atoms with E-state index in [9.17, 15) is 9.59 Å². The molecule has 0 aliphatic carbocycles. The molecular formula is C22H24N4O4. The van der Waals surface area contributed by atoms with Crippen molar-refractivity contribution in [2.45, 2.75) is 27.4 Å². The minimum Gasteiger partial charge on any atom is -0.485 e. The summed E-state index contributed by atoms with van der Waals surface area (Å²) in [7, 11) is 0. The van der Waals surface area contributed by atoms with Crippen molar-refractivity contribution in [2.24, 2.45) is 0 Å². The number of carbonyl (C=O) groups is 1. The van der Waals surface area contributed by atoms with Crippen LogP contribution in [0, 0.1) is 13.8 Å². The highest BCUT2D eigenvalue weighted by Crippen LogP contribution is 2.23. The highest BCUT2D eigenvalue weighted by Gasteiger charge is 2.15. The van der Waals surface area contributed by atoms with Gasteiger partial charge in [-0.25, -0.2) is 4.98 Å². The van der Waals surface area contributed by atoms with Gasteiger partial charge >= 0.3 is 0 Å². The van der Waals surface area contributed by atoms with Gasteiger partial charge in [0.05, 0.1) is 10.9 Å². The van der Waals surface area contributed by atoms with Crippen LogP contribution < -0.4 is 21.2 Å². The Morgan fingerprint density at radius 2 is 1.83 bits per heavy atom. The molecule has 3 rings (SSSR count). The average molecular weight is 408 g/mol. The summed E-state index contributed by atoms with van der Waals surface area (Å²) in [6.45, 7) is 8.87. The third kappa shape index (κ3) is 4.84. The maximum Gasteiger partial charge on any atom is 0.280 e.